The SMILES string of the molecule is O=C(Cc1cccc(F)c1)NCC(=O)NNC(=O)c1ccccc1. The van der Waals surface area contributed by atoms with Crippen molar-refractivity contribution in [1.82, 2.24) is 16.2 Å². The molecule has 0 spiro atoms. The lowest BCUT2D eigenvalue weighted by Gasteiger charge is -2.08. The van der Waals surface area contributed by atoms with Crippen LogP contribution in [0.2, 0.25) is 0 Å². The molecule has 0 fully saturated rings. The molecule has 0 aliphatic carbocycles. The van der Waals surface area contributed by atoms with Gasteiger partial charge in [0.15, 0.2) is 0 Å². The normalized spacial score (nSPS) is 9.88. The van der Waals surface area contributed by atoms with Crippen LogP contribution < -0.4 is 16.2 Å². The maximum Gasteiger partial charge on any atom is 0.269 e. The first kappa shape index (κ1) is 17.1. The lowest BCUT2D eigenvalue weighted by Crippen LogP contribution is -2.46. The molecule has 3 N–H and O–H groups in total. The molecule has 0 atom stereocenters. The van der Waals surface area contributed by atoms with Gasteiger partial charge in [-0.05, 0) is 29.8 Å². The Kier molecular flexibility index (Phi) is 6.01. The van der Waals surface area contributed by atoms with Crippen molar-refractivity contribution in [2.75, 3.05) is 6.54 Å². The van der Waals surface area contributed by atoms with Gasteiger partial charge in [-0.15, -0.1) is 0 Å². The van der Waals surface area contributed by atoms with Crippen molar-refractivity contribution in [2.45, 2.75) is 6.42 Å². The van der Waals surface area contributed by atoms with Gasteiger partial charge in [-0.3, -0.25) is 25.2 Å². The summed E-state index contributed by atoms with van der Waals surface area (Å²) < 4.78 is 13.0. The number of benzene rings is 2. The van der Waals surface area contributed by atoms with Gasteiger partial charge in [0, 0.05) is 5.56 Å². The molecule has 7 heteroatoms. The van der Waals surface area contributed by atoms with Crippen molar-refractivity contribution in [1.29, 1.82) is 0 Å². The molecule has 0 aliphatic rings. The Bertz CT molecular complexity index is 735. The molecule has 3 amide bonds. The average molecular weight is 329 g/mol. The summed E-state index contributed by atoms with van der Waals surface area (Å²) in [5.41, 5.74) is 5.34. The van der Waals surface area contributed by atoms with Gasteiger partial charge in [0.05, 0.1) is 13.0 Å². The van der Waals surface area contributed by atoms with E-state index in [1.807, 2.05) is 0 Å². The molecule has 24 heavy (non-hydrogen) atoms. The first-order valence-electron chi connectivity index (χ1n) is 7.20. The van der Waals surface area contributed by atoms with E-state index in [4.69, 9.17) is 0 Å². The van der Waals surface area contributed by atoms with Crippen LogP contribution in [0.1, 0.15) is 15.9 Å². The van der Waals surface area contributed by atoms with Crippen molar-refractivity contribution in [3.63, 3.8) is 0 Å². The molecule has 0 saturated heterocycles. The van der Waals surface area contributed by atoms with E-state index >= 15 is 0 Å². The van der Waals surface area contributed by atoms with Crippen molar-refractivity contribution in [2.24, 2.45) is 0 Å². The van der Waals surface area contributed by atoms with Crippen LogP contribution in [0.4, 0.5) is 4.39 Å². The van der Waals surface area contributed by atoms with E-state index in [9.17, 15) is 18.8 Å². The minimum absolute atomic E-state index is 0.0403. The lowest BCUT2D eigenvalue weighted by atomic mass is 10.1. The number of halogens is 1. The third kappa shape index (κ3) is 5.53. The fourth-order valence-corrected chi connectivity index (χ4v) is 1.91. The zero-order valence-electron chi connectivity index (χ0n) is 12.7. The van der Waals surface area contributed by atoms with E-state index in [-0.39, 0.29) is 13.0 Å². The van der Waals surface area contributed by atoms with E-state index in [0.717, 1.165) is 0 Å². The second-order valence-electron chi connectivity index (χ2n) is 4.95. The summed E-state index contributed by atoms with van der Waals surface area (Å²) in [6.45, 7) is -0.302. The van der Waals surface area contributed by atoms with Gasteiger partial charge in [0.2, 0.25) is 5.91 Å². The number of nitrogens with one attached hydrogen (secondary N) is 3. The topological polar surface area (TPSA) is 87.3 Å². The highest BCUT2D eigenvalue weighted by molar-refractivity contribution is 5.95. The lowest BCUT2D eigenvalue weighted by molar-refractivity contribution is -0.126. The quantitative estimate of drug-likeness (QED) is 0.714. The van der Waals surface area contributed by atoms with E-state index in [1.54, 1.807) is 36.4 Å². The number of carbonyl (C=O) groups is 3. The number of amides is 3. The number of hydrogen-bond acceptors (Lipinski definition) is 3. The summed E-state index contributed by atoms with van der Waals surface area (Å²) in [6.07, 6.45) is -0.0403. The molecular formula is C17H16FN3O3. The van der Waals surface area contributed by atoms with Crippen LogP contribution in [0.5, 0.6) is 0 Å². The number of hydrazine groups is 1. The van der Waals surface area contributed by atoms with Crippen LogP contribution in [0.15, 0.2) is 54.6 Å². The van der Waals surface area contributed by atoms with Crippen LogP contribution in [0, 0.1) is 5.82 Å². The van der Waals surface area contributed by atoms with E-state index < -0.39 is 23.5 Å². The van der Waals surface area contributed by atoms with Crippen molar-refractivity contribution in [3.8, 4) is 0 Å². The molecule has 6 nitrogen and oxygen atoms in total. The Labute approximate surface area is 138 Å². The Balaban J connectivity index is 1.71. The maximum absolute atomic E-state index is 13.0. The zero-order valence-corrected chi connectivity index (χ0v) is 12.7. The Morgan fingerprint density at radius 3 is 2.33 bits per heavy atom. The fourth-order valence-electron chi connectivity index (χ4n) is 1.91. The summed E-state index contributed by atoms with van der Waals surface area (Å²) in [5.74, 6) is -1.89. The summed E-state index contributed by atoms with van der Waals surface area (Å²) in [5, 5.41) is 2.39. The zero-order chi connectivity index (χ0) is 17.4. The summed E-state index contributed by atoms with van der Waals surface area (Å²) >= 11 is 0. The first-order chi connectivity index (χ1) is 11.5. The minimum Gasteiger partial charge on any atom is -0.347 e. The molecule has 0 heterocycles. The Morgan fingerprint density at radius 2 is 1.62 bits per heavy atom. The van der Waals surface area contributed by atoms with Crippen LogP contribution >= 0.6 is 0 Å². The van der Waals surface area contributed by atoms with Crippen molar-refractivity contribution in [3.05, 3.63) is 71.5 Å². The van der Waals surface area contributed by atoms with Crippen LogP contribution in [0.25, 0.3) is 0 Å². The Morgan fingerprint density at radius 1 is 0.875 bits per heavy atom. The molecular weight excluding hydrogens is 313 g/mol. The van der Waals surface area contributed by atoms with Gasteiger partial charge in [0.1, 0.15) is 5.82 Å². The molecule has 124 valence electrons. The van der Waals surface area contributed by atoms with E-state index in [1.165, 1.54) is 18.2 Å². The highest BCUT2D eigenvalue weighted by atomic mass is 19.1. The second kappa shape index (κ2) is 8.42. The van der Waals surface area contributed by atoms with E-state index in [2.05, 4.69) is 16.2 Å². The average Bonchev–Trinajstić information content (AvgIpc) is 2.58. The third-order valence-corrected chi connectivity index (χ3v) is 3.05. The molecule has 0 aliphatic heterocycles. The number of rotatable bonds is 5. The minimum atomic E-state index is -0.577. The third-order valence-electron chi connectivity index (χ3n) is 3.05. The molecule has 2 aromatic rings. The molecule has 0 aromatic heterocycles. The van der Waals surface area contributed by atoms with Gasteiger partial charge in [0.25, 0.3) is 11.8 Å². The van der Waals surface area contributed by atoms with Gasteiger partial charge >= 0.3 is 0 Å². The molecule has 0 bridgehead atoms. The molecule has 0 radical (unpaired) electrons. The standard InChI is InChI=1S/C17H16FN3O3/c18-14-8-4-5-12(9-14)10-15(22)19-11-16(23)20-21-17(24)13-6-2-1-3-7-13/h1-9H,10-11H2,(H,19,22)(H,20,23)(H,21,24). The summed E-state index contributed by atoms with van der Waals surface area (Å²) in [4.78, 5) is 35.0. The van der Waals surface area contributed by atoms with Gasteiger partial charge in [-0.1, -0.05) is 30.3 Å². The highest BCUT2D eigenvalue weighted by Crippen LogP contribution is 2.03. The smallest absolute Gasteiger partial charge is 0.269 e. The van der Waals surface area contributed by atoms with Crippen molar-refractivity contribution >= 4 is 17.7 Å². The van der Waals surface area contributed by atoms with E-state index in [0.29, 0.717) is 11.1 Å². The monoisotopic (exact) mass is 329 g/mol. The molecule has 2 aromatic carbocycles. The summed E-state index contributed by atoms with van der Waals surface area (Å²) in [7, 11) is 0. The first-order valence-corrected chi connectivity index (χ1v) is 7.20. The van der Waals surface area contributed by atoms with Crippen LogP contribution in [-0.2, 0) is 16.0 Å². The molecule has 0 saturated carbocycles. The maximum atomic E-state index is 13.0. The van der Waals surface area contributed by atoms with Crippen LogP contribution in [0.3, 0.4) is 0 Å². The molecule has 0 unspecified atom stereocenters. The second-order valence-corrected chi connectivity index (χ2v) is 4.95. The van der Waals surface area contributed by atoms with Gasteiger partial charge in [-0.25, -0.2) is 4.39 Å². The largest absolute Gasteiger partial charge is 0.347 e. The van der Waals surface area contributed by atoms with Gasteiger partial charge in [-0.2, -0.15) is 0 Å². The Hall–Kier alpha value is -3.22. The molecule has 2 rings (SSSR count). The highest BCUT2D eigenvalue weighted by Gasteiger charge is 2.09. The summed E-state index contributed by atoms with van der Waals surface area (Å²) in [6, 6.07) is 14.0. The fraction of sp³-hybridized carbons (Fsp3) is 0.118. The van der Waals surface area contributed by atoms with Crippen LogP contribution in [-0.4, -0.2) is 24.3 Å². The number of hydrogen-bond donors (Lipinski definition) is 3. The predicted octanol–water partition coefficient (Wildman–Crippen LogP) is 0.946. The van der Waals surface area contributed by atoms with Crippen molar-refractivity contribution < 1.29 is 18.8 Å². The van der Waals surface area contributed by atoms with Gasteiger partial charge < -0.3 is 5.32 Å². The number of carbonyl (C=O) groups excluding carboxylic acids is 3. The predicted molar refractivity (Wildman–Crippen MR) is 85.2 cm³/mol.